The Morgan fingerprint density at radius 3 is 2.50 bits per heavy atom. The van der Waals surface area contributed by atoms with Crippen LogP contribution in [0.1, 0.15) is 5.56 Å². The van der Waals surface area contributed by atoms with Gasteiger partial charge in [-0.1, -0.05) is 0 Å². The van der Waals surface area contributed by atoms with Gasteiger partial charge < -0.3 is 5.73 Å². The number of halogens is 5. The molecule has 1 heterocycles. The van der Waals surface area contributed by atoms with Crippen LogP contribution in [0, 0.1) is 9.39 Å². The molecule has 0 spiro atoms. The molecule has 2 rings (SSSR count). The molecule has 0 radical (unpaired) electrons. The molecule has 8 heteroatoms. The summed E-state index contributed by atoms with van der Waals surface area (Å²) in [6, 6.07) is 2.38. The minimum Gasteiger partial charge on any atom is -0.397 e. The summed E-state index contributed by atoms with van der Waals surface area (Å²) >= 11 is 1.74. The van der Waals surface area contributed by atoms with Crippen LogP contribution in [0.25, 0.3) is 5.69 Å². The number of rotatable bonds is 1. The topological polar surface area (TPSA) is 43.8 Å². The summed E-state index contributed by atoms with van der Waals surface area (Å²) in [4.78, 5) is 0. The van der Waals surface area contributed by atoms with Crippen molar-refractivity contribution < 1.29 is 17.6 Å². The predicted octanol–water partition coefficient (Wildman–Crippen LogP) is 3.22. The molecule has 18 heavy (non-hydrogen) atoms. The monoisotopic (exact) mass is 371 g/mol. The van der Waals surface area contributed by atoms with Gasteiger partial charge >= 0.3 is 6.18 Å². The molecule has 0 aliphatic heterocycles. The summed E-state index contributed by atoms with van der Waals surface area (Å²) < 4.78 is 51.8. The third-order valence-corrected chi connectivity index (χ3v) is 3.05. The molecule has 1 aromatic carbocycles. The Morgan fingerprint density at radius 1 is 1.28 bits per heavy atom. The molecule has 2 aromatic rings. The SMILES string of the molecule is Nc1cc(I)c(F)cc1-n1cc(C(F)(F)F)cn1. The van der Waals surface area contributed by atoms with Gasteiger partial charge in [0.15, 0.2) is 0 Å². The van der Waals surface area contributed by atoms with E-state index in [1.807, 2.05) is 0 Å². The van der Waals surface area contributed by atoms with Gasteiger partial charge in [0.2, 0.25) is 0 Å². The van der Waals surface area contributed by atoms with Gasteiger partial charge in [-0.25, -0.2) is 9.07 Å². The molecule has 0 atom stereocenters. The molecule has 0 unspecified atom stereocenters. The number of benzene rings is 1. The quantitative estimate of drug-likeness (QED) is 0.475. The number of nitrogens with zero attached hydrogens (tertiary/aromatic N) is 2. The summed E-state index contributed by atoms with van der Waals surface area (Å²) in [5.74, 6) is -0.566. The minimum atomic E-state index is -4.49. The zero-order chi connectivity index (χ0) is 13.5. The second-order valence-electron chi connectivity index (χ2n) is 3.50. The lowest BCUT2D eigenvalue weighted by Crippen LogP contribution is -2.04. The van der Waals surface area contributed by atoms with Gasteiger partial charge in [-0.15, -0.1) is 0 Å². The first-order chi connectivity index (χ1) is 8.29. The maximum absolute atomic E-state index is 13.4. The Bertz CT molecular complexity index is 591. The summed E-state index contributed by atoms with van der Waals surface area (Å²) in [5, 5.41) is 3.53. The Kier molecular flexibility index (Phi) is 3.21. The Morgan fingerprint density at radius 2 is 1.94 bits per heavy atom. The lowest BCUT2D eigenvalue weighted by atomic mass is 10.2. The third-order valence-electron chi connectivity index (χ3n) is 2.23. The molecule has 2 N–H and O–H groups in total. The van der Waals surface area contributed by atoms with E-state index in [0.717, 1.165) is 16.9 Å². The molecule has 0 fully saturated rings. The maximum atomic E-state index is 13.4. The van der Waals surface area contributed by atoms with Crippen LogP contribution in [-0.4, -0.2) is 9.78 Å². The van der Waals surface area contributed by atoms with E-state index in [1.54, 1.807) is 22.6 Å². The number of alkyl halides is 3. The van der Waals surface area contributed by atoms with Crippen molar-refractivity contribution in [2.75, 3.05) is 5.73 Å². The standard InChI is InChI=1S/C10H6F4IN3/c11-6-1-9(8(16)2-7(6)15)18-4-5(3-17-18)10(12,13)14/h1-4H,16H2. The predicted molar refractivity (Wildman–Crippen MR) is 65.7 cm³/mol. The van der Waals surface area contributed by atoms with E-state index in [4.69, 9.17) is 5.73 Å². The highest BCUT2D eigenvalue weighted by molar-refractivity contribution is 14.1. The van der Waals surface area contributed by atoms with Crippen LogP contribution in [0.15, 0.2) is 24.5 Å². The molecule has 0 aliphatic carbocycles. The van der Waals surface area contributed by atoms with Gasteiger partial charge in [0, 0.05) is 12.3 Å². The van der Waals surface area contributed by atoms with Gasteiger partial charge in [0.1, 0.15) is 5.82 Å². The molecular formula is C10H6F4IN3. The van der Waals surface area contributed by atoms with Crippen molar-refractivity contribution >= 4 is 28.3 Å². The first kappa shape index (κ1) is 13.1. The fraction of sp³-hybridized carbons (Fsp3) is 0.100. The maximum Gasteiger partial charge on any atom is 0.419 e. The van der Waals surface area contributed by atoms with Gasteiger partial charge in [0.05, 0.1) is 26.7 Å². The zero-order valence-corrected chi connectivity index (χ0v) is 10.8. The molecule has 96 valence electrons. The number of aromatic nitrogens is 2. The first-order valence-electron chi connectivity index (χ1n) is 4.66. The van der Waals surface area contributed by atoms with E-state index < -0.39 is 17.6 Å². The van der Waals surface area contributed by atoms with Crippen LogP contribution in [0.4, 0.5) is 23.2 Å². The second-order valence-corrected chi connectivity index (χ2v) is 4.66. The van der Waals surface area contributed by atoms with Crippen LogP contribution in [0.3, 0.4) is 0 Å². The van der Waals surface area contributed by atoms with Crippen LogP contribution >= 0.6 is 22.6 Å². The minimum absolute atomic E-state index is 0.0726. The summed E-state index contributed by atoms with van der Waals surface area (Å²) in [7, 11) is 0. The van der Waals surface area contributed by atoms with E-state index >= 15 is 0 Å². The van der Waals surface area contributed by atoms with Crippen LogP contribution < -0.4 is 5.73 Å². The molecule has 0 aliphatic rings. The lowest BCUT2D eigenvalue weighted by molar-refractivity contribution is -0.137. The molecule has 0 saturated carbocycles. The molecule has 0 saturated heterocycles. The zero-order valence-electron chi connectivity index (χ0n) is 8.67. The summed E-state index contributed by atoms with van der Waals surface area (Å²) in [6.07, 6.45) is -3.07. The highest BCUT2D eigenvalue weighted by atomic mass is 127. The van der Waals surface area contributed by atoms with E-state index in [9.17, 15) is 17.6 Å². The first-order valence-corrected chi connectivity index (χ1v) is 5.73. The summed E-state index contributed by atoms with van der Waals surface area (Å²) in [6.45, 7) is 0. The van der Waals surface area contributed by atoms with E-state index in [1.165, 1.54) is 6.07 Å². The number of hydrogen-bond acceptors (Lipinski definition) is 2. The van der Waals surface area contributed by atoms with Crippen molar-refractivity contribution in [3.8, 4) is 5.69 Å². The highest BCUT2D eigenvalue weighted by Crippen LogP contribution is 2.30. The molecular weight excluding hydrogens is 365 g/mol. The van der Waals surface area contributed by atoms with Gasteiger partial charge in [-0.05, 0) is 28.7 Å². The Labute approximate surface area is 113 Å². The summed E-state index contributed by atoms with van der Waals surface area (Å²) in [5.41, 5.74) is 4.93. The average molecular weight is 371 g/mol. The van der Waals surface area contributed by atoms with Crippen molar-refractivity contribution in [2.24, 2.45) is 0 Å². The fourth-order valence-corrected chi connectivity index (χ4v) is 1.84. The van der Waals surface area contributed by atoms with Gasteiger partial charge in [-0.3, -0.25) is 0 Å². The van der Waals surface area contributed by atoms with E-state index in [0.29, 0.717) is 6.20 Å². The Hall–Kier alpha value is -1.32. The van der Waals surface area contributed by atoms with Crippen molar-refractivity contribution in [3.63, 3.8) is 0 Å². The number of nitrogens with two attached hydrogens (primary N) is 1. The second kappa shape index (κ2) is 4.41. The molecule has 0 amide bonds. The fourth-order valence-electron chi connectivity index (χ4n) is 1.35. The average Bonchev–Trinajstić information content (AvgIpc) is 2.72. The lowest BCUT2D eigenvalue weighted by Gasteiger charge is -2.07. The van der Waals surface area contributed by atoms with Gasteiger partial charge in [-0.2, -0.15) is 18.3 Å². The largest absolute Gasteiger partial charge is 0.419 e. The normalized spacial score (nSPS) is 11.8. The van der Waals surface area contributed by atoms with E-state index in [2.05, 4.69) is 5.10 Å². The molecule has 3 nitrogen and oxygen atoms in total. The number of nitrogen functional groups attached to an aromatic ring is 1. The molecule has 0 bridgehead atoms. The van der Waals surface area contributed by atoms with Crippen molar-refractivity contribution in [3.05, 3.63) is 39.5 Å². The third kappa shape index (κ3) is 2.42. The number of hydrogen-bond donors (Lipinski definition) is 1. The van der Waals surface area contributed by atoms with Crippen LogP contribution in [0.2, 0.25) is 0 Å². The highest BCUT2D eigenvalue weighted by Gasteiger charge is 2.32. The van der Waals surface area contributed by atoms with Crippen molar-refractivity contribution in [1.29, 1.82) is 0 Å². The van der Waals surface area contributed by atoms with Crippen LogP contribution in [0.5, 0.6) is 0 Å². The van der Waals surface area contributed by atoms with Gasteiger partial charge in [0.25, 0.3) is 0 Å². The molecule has 1 aromatic heterocycles. The number of anilines is 1. The van der Waals surface area contributed by atoms with Crippen molar-refractivity contribution in [1.82, 2.24) is 9.78 Å². The Balaban J connectivity index is 2.50. The van der Waals surface area contributed by atoms with E-state index in [-0.39, 0.29) is 14.9 Å². The van der Waals surface area contributed by atoms with Crippen LogP contribution in [-0.2, 0) is 6.18 Å². The smallest absolute Gasteiger partial charge is 0.397 e. The van der Waals surface area contributed by atoms with Crippen molar-refractivity contribution in [2.45, 2.75) is 6.18 Å².